The third-order valence-electron chi connectivity index (χ3n) is 4.00. The van der Waals surface area contributed by atoms with Crippen LogP contribution in [0.15, 0.2) is 34.9 Å². The summed E-state index contributed by atoms with van der Waals surface area (Å²) in [5.74, 6) is 0.831. The summed E-state index contributed by atoms with van der Waals surface area (Å²) in [6.45, 7) is 5.46. The molecule has 128 valence electrons. The van der Waals surface area contributed by atoms with Gasteiger partial charge in [0.1, 0.15) is 0 Å². The average Bonchev–Trinajstić information content (AvgIpc) is 3.03. The standard InChI is InChI=1S/C17H22N4O3/c1-13-12-23-8-7-21(13)11-17-19-15(20-24-17)9-16(22)18-10-14-5-3-2-4-6-14/h2-6,13H,7-12H2,1H3,(H,18,22)/t13-/m0/s1. The van der Waals surface area contributed by atoms with Crippen LogP contribution in [0.25, 0.3) is 0 Å². The fraction of sp³-hybridized carbons (Fsp3) is 0.471. The maximum absolute atomic E-state index is 12.0. The van der Waals surface area contributed by atoms with Crippen molar-refractivity contribution in [3.63, 3.8) is 0 Å². The van der Waals surface area contributed by atoms with Crippen LogP contribution < -0.4 is 5.32 Å². The van der Waals surface area contributed by atoms with Gasteiger partial charge in [-0.15, -0.1) is 0 Å². The third-order valence-corrected chi connectivity index (χ3v) is 4.00. The van der Waals surface area contributed by atoms with Crippen molar-refractivity contribution in [3.8, 4) is 0 Å². The lowest BCUT2D eigenvalue weighted by molar-refractivity contribution is -0.120. The van der Waals surface area contributed by atoms with Gasteiger partial charge in [-0.25, -0.2) is 0 Å². The quantitative estimate of drug-likeness (QED) is 0.856. The summed E-state index contributed by atoms with van der Waals surface area (Å²) in [5.41, 5.74) is 1.06. The van der Waals surface area contributed by atoms with E-state index in [1.165, 1.54) is 0 Å². The van der Waals surface area contributed by atoms with Crippen molar-refractivity contribution in [1.29, 1.82) is 0 Å². The molecule has 3 rings (SSSR count). The highest BCUT2D eigenvalue weighted by molar-refractivity contribution is 5.77. The fourth-order valence-corrected chi connectivity index (χ4v) is 2.60. The van der Waals surface area contributed by atoms with Gasteiger partial charge in [0.2, 0.25) is 11.8 Å². The highest BCUT2D eigenvalue weighted by atomic mass is 16.5. The molecule has 0 aliphatic carbocycles. The Bertz CT molecular complexity index is 659. The Morgan fingerprint density at radius 2 is 2.21 bits per heavy atom. The van der Waals surface area contributed by atoms with Gasteiger partial charge in [-0.2, -0.15) is 4.98 Å². The van der Waals surface area contributed by atoms with Crippen molar-refractivity contribution < 1.29 is 14.1 Å². The van der Waals surface area contributed by atoms with Gasteiger partial charge in [-0.3, -0.25) is 9.69 Å². The molecular weight excluding hydrogens is 308 g/mol. The molecule has 0 bridgehead atoms. The van der Waals surface area contributed by atoms with Crippen LogP contribution in [0.2, 0.25) is 0 Å². The molecule has 0 saturated carbocycles. The van der Waals surface area contributed by atoms with Crippen LogP contribution in [0.3, 0.4) is 0 Å². The summed E-state index contributed by atoms with van der Waals surface area (Å²) in [7, 11) is 0. The average molecular weight is 330 g/mol. The first kappa shape index (κ1) is 16.6. The number of nitrogens with zero attached hydrogens (tertiary/aromatic N) is 3. The summed E-state index contributed by atoms with van der Waals surface area (Å²) >= 11 is 0. The monoisotopic (exact) mass is 330 g/mol. The zero-order chi connectivity index (χ0) is 16.8. The number of hydrogen-bond acceptors (Lipinski definition) is 6. The molecule has 1 saturated heterocycles. The minimum absolute atomic E-state index is 0.119. The number of aromatic nitrogens is 2. The maximum Gasteiger partial charge on any atom is 0.240 e. The van der Waals surface area contributed by atoms with Gasteiger partial charge in [-0.05, 0) is 12.5 Å². The molecule has 1 N–H and O–H groups in total. The molecule has 7 nitrogen and oxygen atoms in total. The lowest BCUT2D eigenvalue weighted by Gasteiger charge is -2.31. The molecule has 0 radical (unpaired) electrons. The molecule has 1 fully saturated rings. The number of morpholine rings is 1. The third kappa shape index (κ3) is 4.62. The van der Waals surface area contributed by atoms with Gasteiger partial charge in [0.25, 0.3) is 0 Å². The molecule has 1 aliphatic rings. The SMILES string of the molecule is C[C@H]1COCCN1Cc1nc(CC(=O)NCc2ccccc2)no1. The van der Waals surface area contributed by atoms with Gasteiger partial charge in [0.15, 0.2) is 5.82 Å². The van der Waals surface area contributed by atoms with Gasteiger partial charge in [0, 0.05) is 19.1 Å². The number of carbonyl (C=O) groups is 1. The second kappa shape index (κ2) is 8.03. The van der Waals surface area contributed by atoms with E-state index in [-0.39, 0.29) is 12.3 Å². The number of amides is 1. The molecular formula is C17H22N4O3. The number of rotatable bonds is 6. The molecule has 2 aromatic rings. The van der Waals surface area contributed by atoms with E-state index >= 15 is 0 Å². The Balaban J connectivity index is 1.47. The van der Waals surface area contributed by atoms with E-state index in [1.807, 2.05) is 30.3 Å². The van der Waals surface area contributed by atoms with E-state index in [9.17, 15) is 4.79 Å². The van der Waals surface area contributed by atoms with Crippen LogP contribution >= 0.6 is 0 Å². The van der Waals surface area contributed by atoms with Crippen molar-refractivity contribution in [3.05, 3.63) is 47.6 Å². The molecule has 24 heavy (non-hydrogen) atoms. The van der Waals surface area contributed by atoms with E-state index in [4.69, 9.17) is 9.26 Å². The van der Waals surface area contributed by atoms with Gasteiger partial charge >= 0.3 is 0 Å². The van der Waals surface area contributed by atoms with Crippen LogP contribution in [0.4, 0.5) is 0 Å². The number of nitrogens with one attached hydrogen (secondary N) is 1. The first-order valence-electron chi connectivity index (χ1n) is 8.14. The summed E-state index contributed by atoms with van der Waals surface area (Å²) in [6.07, 6.45) is 0.120. The minimum Gasteiger partial charge on any atom is -0.379 e. The van der Waals surface area contributed by atoms with E-state index < -0.39 is 0 Å². The first-order valence-corrected chi connectivity index (χ1v) is 8.14. The Labute approximate surface area is 141 Å². The lowest BCUT2D eigenvalue weighted by Crippen LogP contribution is -2.42. The highest BCUT2D eigenvalue weighted by Crippen LogP contribution is 2.11. The van der Waals surface area contributed by atoms with Crippen LogP contribution in [-0.2, 0) is 29.0 Å². The zero-order valence-corrected chi connectivity index (χ0v) is 13.8. The van der Waals surface area contributed by atoms with Crippen LogP contribution in [0.5, 0.6) is 0 Å². The van der Waals surface area contributed by atoms with Gasteiger partial charge < -0.3 is 14.6 Å². The molecule has 1 aliphatic heterocycles. The fourth-order valence-electron chi connectivity index (χ4n) is 2.60. The summed E-state index contributed by atoms with van der Waals surface area (Å²) < 4.78 is 10.7. The Hall–Kier alpha value is -2.25. The maximum atomic E-state index is 12.0. The molecule has 1 atom stereocenters. The molecule has 2 heterocycles. The smallest absolute Gasteiger partial charge is 0.240 e. The highest BCUT2D eigenvalue weighted by Gasteiger charge is 2.21. The van der Waals surface area contributed by atoms with Crippen LogP contribution in [0, 0.1) is 0 Å². The number of carbonyl (C=O) groups excluding carboxylic acids is 1. The normalized spacial score (nSPS) is 18.5. The van der Waals surface area contributed by atoms with Crippen LogP contribution in [0.1, 0.15) is 24.2 Å². The Kier molecular flexibility index (Phi) is 5.55. The topological polar surface area (TPSA) is 80.5 Å². The predicted molar refractivity (Wildman–Crippen MR) is 87.0 cm³/mol. The van der Waals surface area contributed by atoms with E-state index in [1.54, 1.807) is 0 Å². The molecule has 1 aromatic carbocycles. The van der Waals surface area contributed by atoms with Crippen molar-refractivity contribution in [2.45, 2.75) is 32.5 Å². The van der Waals surface area contributed by atoms with Gasteiger partial charge in [-0.1, -0.05) is 35.5 Å². The minimum atomic E-state index is -0.119. The van der Waals surface area contributed by atoms with E-state index in [0.29, 0.717) is 44.1 Å². The van der Waals surface area contributed by atoms with Gasteiger partial charge in [0.05, 0.1) is 26.2 Å². The molecule has 7 heteroatoms. The van der Waals surface area contributed by atoms with Crippen molar-refractivity contribution in [1.82, 2.24) is 20.4 Å². The van der Waals surface area contributed by atoms with Crippen molar-refractivity contribution >= 4 is 5.91 Å². The molecule has 0 unspecified atom stereocenters. The van der Waals surface area contributed by atoms with E-state index in [2.05, 4.69) is 27.3 Å². The number of benzene rings is 1. The number of ether oxygens (including phenoxy) is 1. The van der Waals surface area contributed by atoms with Crippen molar-refractivity contribution in [2.75, 3.05) is 19.8 Å². The predicted octanol–water partition coefficient (Wildman–Crippen LogP) is 1.15. The second-order valence-corrected chi connectivity index (χ2v) is 5.94. The van der Waals surface area contributed by atoms with Crippen molar-refractivity contribution in [2.24, 2.45) is 0 Å². The first-order chi connectivity index (χ1) is 11.7. The largest absolute Gasteiger partial charge is 0.379 e. The summed E-state index contributed by atoms with van der Waals surface area (Å²) in [4.78, 5) is 18.5. The zero-order valence-electron chi connectivity index (χ0n) is 13.8. The Morgan fingerprint density at radius 3 is 3.00 bits per heavy atom. The summed E-state index contributed by atoms with van der Waals surface area (Å²) in [5, 5.41) is 6.75. The molecule has 0 spiro atoms. The molecule has 1 aromatic heterocycles. The summed E-state index contributed by atoms with van der Waals surface area (Å²) in [6, 6.07) is 10.1. The van der Waals surface area contributed by atoms with E-state index in [0.717, 1.165) is 12.1 Å². The lowest BCUT2D eigenvalue weighted by atomic mass is 10.2. The second-order valence-electron chi connectivity index (χ2n) is 5.94. The number of hydrogen-bond donors (Lipinski definition) is 1. The molecule has 1 amide bonds. The van der Waals surface area contributed by atoms with Crippen LogP contribution in [-0.4, -0.2) is 46.7 Å². The Morgan fingerprint density at radius 1 is 1.38 bits per heavy atom.